The molecule has 1 aromatic rings. The zero-order chi connectivity index (χ0) is 12.4. The molecule has 1 aromatic heterocycles. The Morgan fingerprint density at radius 3 is 2.89 bits per heavy atom. The van der Waals surface area contributed by atoms with E-state index in [9.17, 15) is 0 Å². The molecule has 0 radical (unpaired) electrons. The van der Waals surface area contributed by atoms with Gasteiger partial charge < -0.3 is 4.90 Å². The van der Waals surface area contributed by atoms with Gasteiger partial charge in [-0.3, -0.25) is 0 Å². The summed E-state index contributed by atoms with van der Waals surface area (Å²) in [5, 5.41) is 8.89. The summed E-state index contributed by atoms with van der Waals surface area (Å²) < 4.78 is 0. The molecular formula is C14H18N4. The van der Waals surface area contributed by atoms with Crippen molar-refractivity contribution in [2.24, 2.45) is 11.8 Å². The second-order valence-corrected chi connectivity index (χ2v) is 5.39. The van der Waals surface area contributed by atoms with E-state index in [2.05, 4.69) is 20.9 Å². The number of aromatic nitrogens is 2. The van der Waals surface area contributed by atoms with Crippen LogP contribution in [0.4, 0.5) is 5.95 Å². The molecule has 4 heteroatoms. The fourth-order valence-electron chi connectivity index (χ4n) is 3.35. The molecule has 1 saturated heterocycles. The fraction of sp³-hybridized carbons (Fsp3) is 0.643. The molecule has 18 heavy (non-hydrogen) atoms. The first kappa shape index (κ1) is 11.5. The Morgan fingerprint density at radius 2 is 2.06 bits per heavy atom. The summed E-state index contributed by atoms with van der Waals surface area (Å²) in [6.45, 7) is 2.11. The molecule has 1 aliphatic carbocycles. The van der Waals surface area contributed by atoms with Crippen molar-refractivity contribution in [3.63, 3.8) is 0 Å². The van der Waals surface area contributed by atoms with Crippen LogP contribution in [0.3, 0.4) is 0 Å². The maximum Gasteiger partial charge on any atom is 0.226 e. The lowest BCUT2D eigenvalue weighted by Crippen LogP contribution is -2.42. The largest absolute Gasteiger partial charge is 0.340 e. The van der Waals surface area contributed by atoms with E-state index in [1.807, 2.05) is 0 Å². The third-order valence-electron chi connectivity index (χ3n) is 4.33. The lowest BCUT2D eigenvalue weighted by atomic mass is 9.75. The molecule has 94 valence electrons. The maximum absolute atomic E-state index is 8.89. The van der Waals surface area contributed by atoms with Gasteiger partial charge in [-0.1, -0.05) is 19.3 Å². The molecule has 2 unspecified atom stereocenters. The molecule has 2 atom stereocenters. The summed E-state index contributed by atoms with van der Waals surface area (Å²) in [6, 6.07) is 3.75. The predicted octanol–water partition coefficient (Wildman–Crippen LogP) is 2.36. The van der Waals surface area contributed by atoms with Gasteiger partial charge >= 0.3 is 0 Å². The van der Waals surface area contributed by atoms with Crippen LogP contribution in [0, 0.1) is 23.2 Å². The van der Waals surface area contributed by atoms with Gasteiger partial charge in [0.15, 0.2) is 0 Å². The molecular weight excluding hydrogens is 224 g/mol. The first-order valence-corrected chi connectivity index (χ1v) is 6.85. The quantitative estimate of drug-likeness (QED) is 0.758. The highest BCUT2D eigenvalue weighted by atomic mass is 15.3. The zero-order valence-corrected chi connectivity index (χ0v) is 10.5. The monoisotopic (exact) mass is 242 g/mol. The second kappa shape index (κ2) is 4.93. The van der Waals surface area contributed by atoms with Crippen molar-refractivity contribution in [1.29, 1.82) is 5.26 Å². The van der Waals surface area contributed by atoms with Gasteiger partial charge in [0.25, 0.3) is 0 Å². The highest BCUT2D eigenvalue weighted by molar-refractivity contribution is 5.34. The Hall–Kier alpha value is -1.63. The number of anilines is 1. The minimum absolute atomic E-state index is 0.464. The van der Waals surface area contributed by atoms with Crippen LogP contribution in [-0.4, -0.2) is 23.1 Å². The normalized spacial score (nSPS) is 27.4. The Morgan fingerprint density at radius 1 is 1.22 bits per heavy atom. The minimum atomic E-state index is 0.464. The molecule has 0 N–H and O–H groups in total. The van der Waals surface area contributed by atoms with Crippen molar-refractivity contribution in [2.75, 3.05) is 18.0 Å². The van der Waals surface area contributed by atoms with Crippen molar-refractivity contribution in [2.45, 2.75) is 32.1 Å². The summed E-state index contributed by atoms with van der Waals surface area (Å²) in [7, 11) is 0. The van der Waals surface area contributed by atoms with E-state index in [1.165, 1.54) is 32.1 Å². The van der Waals surface area contributed by atoms with Gasteiger partial charge in [-0.2, -0.15) is 5.26 Å². The smallest absolute Gasteiger partial charge is 0.226 e. The van der Waals surface area contributed by atoms with Gasteiger partial charge in [-0.25, -0.2) is 9.97 Å². The zero-order valence-electron chi connectivity index (χ0n) is 10.5. The summed E-state index contributed by atoms with van der Waals surface area (Å²) >= 11 is 0. The molecule has 3 rings (SSSR count). The van der Waals surface area contributed by atoms with Gasteiger partial charge in [-0.05, 0) is 30.7 Å². The molecule has 1 saturated carbocycles. The van der Waals surface area contributed by atoms with Crippen LogP contribution in [0.25, 0.3) is 0 Å². The number of rotatable bonds is 1. The van der Waals surface area contributed by atoms with E-state index >= 15 is 0 Å². The van der Waals surface area contributed by atoms with Crippen LogP contribution < -0.4 is 4.90 Å². The Balaban J connectivity index is 1.75. The highest BCUT2D eigenvalue weighted by Gasteiger charge is 2.31. The van der Waals surface area contributed by atoms with Crippen LogP contribution in [0.1, 0.15) is 37.8 Å². The molecule has 2 fully saturated rings. The topological polar surface area (TPSA) is 52.8 Å². The number of nitrogens with zero attached hydrogens (tertiary/aromatic N) is 4. The molecule has 0 spiro atoms. The van der Waals surface area contributed by atoms with Crippen LogP contribution in [0.15, 0.2) is 12.3 Å². The van der Waals surface area contributed by atoms with Gasteiger partial charge in [0.1, 0.15) is 11.8 Å². The molecule has 1 aliphatic heterocycles. The van der Waals surface area contributed by atoms with Gasteiger partial charge in [0.2, 0.25) is 5.95 Å². The van der Waals surface area contributed by atoms with Gasteiger partial charge in [-0.15, -0.1) is 0 Å². The van der Waals surface area contributed by atoms with E-state index in [4.69, 9.17) is 5.26 Å². The highest BCUT2D eigenvalue weighted by Crippen LogP contribution is 2.36. The molecule has 0 amide bonds. The number of nitriles is 1. The third kappa shape index (κ3) is 2.17. The van der Waals surface area contributed by atoms with E-state index in [0.717, 1.165) is 30.9 Å². The van der Waals surface area contributed by atoms with Crippen molar-refractivity contribution in [3.05, 3.63) is 18.0 Å². The minimum Gasteiger partial charge on any atom is -0.340 e. The summed E-state index contributed by atoms with van der Waals surface area (Å²) in [5.41, 5.74) is 0.464. The maximum atomic E-state index is 8.89. The summed E-state index contributed by atoms with van der Waals surface area (Å²) in [4.78, 5) is 10.9. The van der Waals surface area contributed by atoms with Crippen molar-refractivity contribution >= 4 is 5.95 Å². The molecule has 0 bridgehead atoms. The van der Waals surface area contributed by atoms with E-state index in [-0.39, 0.29) is 0 Å². The number of hydrogen-bond donors (Lipinski definition) is 0. The van der Waals surface area contributed by atoms with Crippen molar-refractivity contribution < 1.29 is 0 Å². The van der Waals surface area contributed by atoms with E-state index in [1.54, 1.807) is 12.3 Å². The first-order chi connectivity index (χ1) is 8.86. The Bertz CT molecular complexity index is 465. The molecule has 4 nitrogen and oxygen atoms in total. The summed E-state index contributed by atoms with van der Waals surface area (Å²) in [5.74, 6) is 2.45. The lowest BCUT2D eigenvalue weighted by Gasteiger charge is -2.41. The number of hydrogen-bond acceptors (Lipinski definition) is 4. The molecule has 0 aromatic carbocycles. The second-order valence-electron chi connectivity index (χ2n) is 5.39. The number of fused-ring (bicyclic) bond motifs is 1. The van der Waals surface area contributed by atoms with Crippen molar-refractivity contribution in [3.8, 4) is 6.07 Å². The average molecular weight is 242 g/mol. The van der Waals surface area contributed by atoms with Crippen LogP contribution in [0.5, 0.6) is 0 Å². The molecule has 2 aliphatic rings. The molecule has 2 heterocycles. The first-order valence-electron chi connectivity index (χ1n) is 6.85. The number of piperidine rings is 1. The third-order valence-corrected chi connectivity index (χ3v) is 4.33. The van der Waals surface area contributed by atoms with Gasteiger partial charge in [0.05, 0.1) is 0 Å². The Labute approximate surface area is 108 Å². The average Bonchev–Trinajstić information content (AvgIpc) is 2.47. The van der Waals surface area contributed by atoms with E-state index in [0.29, 0.717) is 5.69 Å². The van der Waals surface area contributed by atoms with Crippen LogP contribution >= 0.6 is 0 Å². The lowest BCUT2D eigenvalue weighted by molar-refractivity contribution is 0.201. The van der Waals surface area contributed by atoms with Crippen molar-refractivity contribution in [1.82, 2.24) is 9.97 Å². The SMILES string of the molecule is N#Cc1ccnc(N2CCC3CCCCC3C2)n1. The Kier molecular flexibility index (Phi) is 3.14. The van der Waals surface area contributed by atoms with E-state index < -0.39 is 0 Å². The summed E-state index contributed by atoms with van der Waals surface area (Å²) in [6.07, 6.45) is 8.46. The fourth-order valence-corrected chi connectivity index (χ4v) is 3.35. The van der Waals surface area contributed by atoms with Crippen LogP contribution in [0.2, 0.25) is 0 Å². The predicted molar refractivity (Wildman–Crippen MR) is 69.0 cm³/mol. The van der Waals surface area contributed by atoms with Crippen LogP contribution in [-0.2, 0) is 0 Å². The standard InChI is InChI=1S/C14H18N4/c15-9-13-5-7-16-14(17-13)18-8-6-11-3-1-2-4-12(11)10-18/h5,7,11-12H,1-4,6,8,10H2. The van der Waals surface area contributed by atoms with Gasteiger partial charge in [0, 0.05) is 19.3 Å².